The van der Waals surface area contributed by atoms with Crippen molar-refractivity contribution in [1.82, 2.24) is 5.32 Å². The molecule has 1 aliphatic carbocycles. The Kier molecular flexibility index (Phi) is 4.29. The maximum absolute atomic E-state index is 12.2. The summed E-state index contributed by atoms with van der Waals surface area (Å²) in [5.74, 6) is 1.03. The Bertz CT molecular complexity index is 462. The van der Waals surface area contributed by atoms with Crippen LogP contribution in [0.15, 0.2) is 24.3 Å². The molecule has 1 N–H and O–H groups in total. The van der Waals surface area contributed by atoms with Gasteiger partial charge in [-0.15, -0.1) is 0 Å². The van der Waals surface area contributed by atoms with E-state index in [2.05, 4.69) is 21.9 Å². The largest absolute Gasteiger partial charge is 0.435 e. The predicted octanol–water partition coefficient (Wildman–Crippen LogP) is 3.25. The standard InChI is InChI=1S/C16H22F2N2O/c1-2-12-9-19-15(11-3-4-11)10-20(12)13-5-7-14(8-6-13)21-16(17)18/h5-8,11-12,15-16,19H,2-4,9-10H2,1H3. The van der Waals surface area contributed by atoms with Crippen LogP contribution in [0.25, 0.3) is 0 Å². The second-order valence-electron chi connectivity index (χ2n) is 5.94. The van der Waals surface area contributed by atoms with Crippen molar-refractivity contribution in [2.75, 3.05) is 18.0 Å². The topological polar surface area (TPSA) is 24.5 Å². The fraction of sp³-hybridized carbons (Fsp3) is 0.625. The van der Waals surface area contributed by atoms with Crippen LogP contribution < -0.4 is 15.0 Å². The van der Waals surface area contributed by atoms with Gasteiger partial charge in [-0.25, -0.2) is 0 Å². The van der Waals surface area contributed by atoms with Crippen molar-refractivity contribution in [1.29, 1.82) is 0 Å². The van der Waals surface area contributed by atoms with Gasteiger partial charge in [-0.05, 0) is 49.4 Å². The number of nitrogens with one attached hydrogen (secondary N) is 1. The Morgan fingerprint density at radius 2 is 2.00 bits per heavy atom. The molecule has 1 saturated heterocycles. The molecular formula is C16H22F2N2O. The van der Waals surface area contributed by atoms with E-state index in [1.807, 2.05) is 12.1 Å². The number of piperazine rings is 1. The summed E-state index contributed by atoms with van der Waals surface area (Å²) < 4.78 is 28.8. The lowest BCUT2D eigenvalue weighted by atomic mass is 10.0. The molecule has 3 nitrogen and oxygen atoms in total. The van der Waals surface area contributed by atoms with E-state index in [0.717, 1.165) is 31.1 Å². The predicted molar refractivity (Wildman–Crippen MR) is 79.0 cm³/mol. The van der Waals surface area contributed by atoms with Gasteiger partial charge in [-0.3, -0.25) is 0 Å². The van der Waals surface area contributed by atoms with E-state index in [0.29, 0.717) is 12.1 Å². The monoisotopic (exact) mass is 296 g/mol. The molecule has 1 heterocycles. The van der Waals surface area contributed by atoms with Crippen molar-refractivity contribution in [3.8, 4) is 5.75 Å². The summed E-state index contributed by atoms with van der Waals surface area (Å²) in [6.07, 6.45) is 3.71. The SMILES string of the molecule is CCC1CNC(C2CC2)CN1c1ccc(OC(F)F)cc1. The fourth-order valence-electron chi connectivity index (χ4n) is 3.14. The lowest BCUT2D eigenvalue weighted by Gasteiger charge is -2.42. The minimum absolute atomic E-state index is 0.218. The van der Waals surface area contributed by atoms with E-state index in [-0.39, 0.29) is 5.75 Å². The normalized spacial score (nSPS) is 26.2. The Hall–Kier alpha value is -1.36. The van der Waals surface area contributed by atoms with Gasteiger partial charge in [-0.1, -0.05) is 6.92 Å². The quantitative estimate of drug-likeness (QED) is 0.902. The molecule has 116 valence electrons. The third kappa shape index (κ3) is 3.46. The minimum Gasteiger partial charge on any atom is -0.435 e. The van der Waals surface area contributed by atoms with E-state index >= 15 is 0 Å². The molecule has 1 aliphatic heterocycles. The molecule has 0 bridgehead atoms. The first-order valence-electron chi connectivity index (χ1n) is 7.72. The van der Waals surface area contributed by atoms with Gasteiger partial charge < -0.3 is 15.0 Å². The maximum atomic E-state index is 12.2. The lowest BCUT2D eigenvalue weighted by Crippen LogP contribution is -2.57. The Labute approximate surface area is 124 Å². The highest BCUT2D eigenvalue weighted by Crippen LogP contribution is 2.35. The zero-order valence-corrected chi connectivity index (χ0v) is 12.3. The lowest BCUT2D eigenvalue weighted by molar-refractivity contribution is -0.0498. The highest BCUT2D eigenvalue weighted by Gasteiger charge is 2.36. The van der Waals surface area contributed by atoms with Crippen LogP contribution >= 0.6 is 0 Å². The van der Waals surface area contributed by atoms with Gasteiger partial charge in [-0.2, -0.15) is 8.78 Å². The van der Waals surface area contributed by atoms with Crippen LogP contribution in [-0.2, 0) is 0 Å². The average Bonchev–Trinajstić information content (AvgIpc) is 3.31. The summed E-state index contributed by atoms with van der Waals surface area (Å²) in [5, 5.41) is 3.65. The van der Waals surface area contributed by atoms with E-state index in [1.54, 1.807) is 12.1 Å². The van der Waals surface area contributed by atoms with Crippen molar-refractivity contribution >= 4 is 5.69 Å². The number of nitrogens with zero attached hydrogens (tertiary/aromatic N) is 1. The molecular weight excluding hydrogens is 274 g/mol. The molecule has 2 atom stereocenters. The number of benzene rings is 1. The van der Waals surface area contributed by atoms with Crippen LogP contribution in [0, 0.1) is 5.92 Å². The van der Waals surface area contributed by atoms with Crippen molar-refractivity contribution in [2.45, 2.75) is 44.9 Å². The molecule has 3 rings (SSSR count). The minimum atomic E-state index is -2.77. The number of ether oxygens (including phenoxy) is 1. The number of hydrogen-bond acceptors (Lipinski definition) is 3. The Morgan fingerprint density at radius 1 is 1.29 bits per heavy atom. The molecule has 1 aromatic carbocycles. The van der Waals surface area contributed by atoms with Gasteiger partial charge >= 0.3 is 6.61 Å². The fourth-order valence-corrected chi connectivity index (χ4v) is 3.14. The van der Waals surface area contributed by atoms with Crippen molar-refractivity contribution in [2.24, 2.45) is 5.92 Å². The van der Waals surface area contributed by atoms with Gasteiger partial charge in [0.25, 0.3) is 0 Å². The van der Waals surface area contributed by atoms with Crippen LogP contribution in [0.5, 0.6) is 5.75 Å². The first kappa shape index (κ1) is 14.6. The molecule has 0 aromatic heterocycles. The second kappa shape index (κ2) is 6.18. The van der Waals surface area contributed by atoms with Crippen LogP contribution in [0.3, 0.4) is 0 Å². The first-order chi connectivity index (χ1) is 10.2. The molecule has 1 aromatic rings. The van der Waals surface area contributed by atoms with Crippen LogP contribution in [0.1, 0.15) is 26.2 Å². The van der Waals surface area contributed by atoms with Crippen LogP contribution in [-0.4, -0.2) is 31.8 Å². The molecule has 5 heteroatoms. The van der Waals surface area contributed by atoms with E-state index in [1.165, 1.54) is 12.8 Å². The van der Waals surface area contributed by atoms with Crippen LogP contribution in [0.4, 0.5) is 14.5 Å². The van der Waals surface area contributed by atoms with Crippen LogP contribution in [0.2, 0.25) is 0 Å². The third-order valence-corrected chi connectivity index (χ3v) is 4.51. The molecule has 2 aliphatic rings. The van der Waals surface area contributed by atoms with E-state index < -0.39 is 6.61 Å². The summed E-state index contributed by atoms with van der Waals surface area (Å²) >= 11 is 0. The summed E-state index contributed by atoms with van der Waals surface area (Å²) in [6.45, 7) is 1.41. The number of rotatable bonds is 5. The number of alkyl halides is 2. The third-order valence-electron chi connectivity index (χ3n) is 4.51. The summed E-state index contributed by atoms with van der Waals surface area (Å²) in [5.41, 5.74) is 1.09. The van der Waals surface area contributed by atoms with E-state index in [9.17, 15) is 8.78 Å². The van der Waals surface area contributed by atoms with Gasteiger partial charge in [0, 0.05) is 30.9 Å². The van der Waals surface area contributed by atoms with Crippen molar-refractivity contribution in [3.05, 3.63) is 24.3 Å². The molecule has 0 radical (unpaired) electrons. The molecule has 1 saturated carbocycles. The zero-order chi connectivity index (χ0) is 14.8. The molecule has 21 heavy (non-hydrogen) atoms. The Morgan fingerprint density at radius 3 is 2.57 bits per heavy atom. The van der Waals surface area contributed by atoms with Gasteiger partial charge in [0.05, 0.1) is 0 Å². The smallest absolute Gasteiger partial charge is 0.387 e. The van der Waals surface area contributed by atoms with Gasteiger partial charge in [0.2, 0.25) is 0 Å². The number of anilines is 1. The van der Waals surface area contributed by atoms with Gasteiger partial charge in [0.1, 0.15) is 5.75 Å². The molecule has 2 fully saturated rings. The van der Waals surface area contributed by atoms with Crippen molar-refractivity contribution in [3.63, 3.8) is 0 Å². The van der Waals surface area contributed by atoms with Gasteiger partial charge in [0.15, 0.2) is 0 Å². The summed E-state index contributed by atoms with van der Waals surface area (Å²) in [4.78, 5) is 2.41. The van der Waals surface area contributed by atoms with Crippen molar-refractivity contribution < 1.29 is 13.5 Å². The zero-order valence-electron chi connectivity index (χ0n) is 12.3. The highest BCUT2D eigenvalue weighted by molar-refractivity contribution is 5.51. The average molecular weight is 296 g/mol. The second-order valence-corrected chi connectivity index (χ2v) is 5.94. The van der Waals surface area contributed by atoms with E-state index in [4.69, 9.17) is 0 Å². The molecule has 2 unspecified atom stereocenters. The summed E-state index contributed by atoms with van der Waals surface area (Å²) in [7, 11) is 0. The highest BCUT2D eigenvalue weighted by atomic mass is 19.3. The number of halogens is 2. The molecule has 0 amide bonds. The maximum Gasteiger partial charge on any atom is 0.387 e. The Balaban J connectivity index is 1.72. The number of hydrogen-bond donors (Lipinski definition) is 1. The summed E-state index contributed by atoms with van der Waals surface area (Å²) in [6, 6.07) is 8.04. The molecule has 0 spiro atoms. The first-order valence-corrected chi connectivity index (χ1v) is 7.72.